The molecule has 1 amide bonds. The van der Waals surface area contributed by atoms with Crippen molar-refractivity contribution in [2.24, 2.45) is 17.8 Å². The number of hydrogen-bond acceptors (Lipinski definition) is 6. The van der Waals surface area contributed by atoms with Gasteiger partial charge in [0.25, 0.3) is 5.91 Å². The fraction of sp³-hybridized carbons (Fsp3) is 0.543. The Balaban J connectivity index is 1.31. The smallest absolute Gasteiger partial charge is 0.308 e. The van der Waals surface area contributed by atoms with Gasteiger partial charge in [-0.15, -0.1) is 0 Å². The normalized spacial score (nSPS) is 28.8. The Hall–Kier alpha value is -3.50. The second-order valence-electron chi connectivity index (χ2n) is 13.4. The van der Waals surface area contributed by atoms with Gasteiger partial charge in [-0.3, -0.25) is 14.5 Å². The number of phenols is 1. The number of phenolic OH excluding ortho intramolecular Hbond substituents is 1. The third-order valence-corrected chi connectivity index (χ3v) is 10.2. The van der Waals surface area contributed by atoms with E-state index in [9.17, 15) is 14.7 Å². The van der Waals surface area contributed by atoms with Crippen LogP contribution in [0.15, 0.2) is 36.4 Å². The standard InChI is InChI=1S/C35H40N2O5/c1-21(2)19-37(31(40)14-11-23-7-5-4-6-8-23)27-13-12-26-28-17-25-30(41-22(3)38)18-29(39)33-32(25)35(26,34(27)42-33)15-16-36(28)20-24-9-10-24/h4-8,18,21,24,26-28,34,39H,9-10,12-13,15-17,19-20H2,1-3H3/t26-,27-,28+,34-,35-/m0/s1. The van der Waals surface area contributed by atoms with E-state index in [4.69, 9.17) is 9.47 Å². The van der Waals surface area contributed by atoms with Crippen LogP contribution in [0.5, 0.6) is 17.2 Å². The van der Waals surface area contributed by atoms with Gasteiger partial charge in [-0.1, -0.05) is 38.0 Å². The van der Waals surface area contributed by atoms with Gasteiger partial charge in [0.15, 0.2) is 11.5 Å². The molecular weight excluding hydrogens is 528 g/mol. The summed E-state index contributed by atoms with van der Waals surface area (Å²) >= 11 is 0. The number of amides is 1. The van der Waals surface area contributed by atoms with Crippen LogP contribution >= 0.6 is 0 Å². The van der Waals surface area contributed by atoms with Crippen molar-refractivity contribution in [2.45, 2.75) is 82.9 Å². The molecule has 42 heavy (non-hydrogen) atoms. The van der Waals surface area contributed by atoms with Crippen LogP contribution in [-0.2, 0) is 21.4 Å². The highest BCUT2D eigenvalue weighted by molar-refractivity contribution is 5.94. The van der Waals surface area contributed by atoms with Crippen LogP contribution in [0.2, 0.25) is 0 Å². The summed E-state index contributed by atoms with van der Waals surface area (Å²) < 4.78 is 12.6. The number of piperidine rings is 1. The second kappa shape index (κ2) is 10.3. The third kappa shape index (κ3) is 4.46. The first kappa shape index (κ1) is 27.3. The molecule has 3 aliphatic carbocycles. The van der Waals surface area contributed by atoms with Crippen molar-refractivity contribution in [3.8, 4) is 29.1 Å². The van der Waals surface area contributed by atoms with Crippen LogP contribution < -0.4 is 9.47 Å². The van der Waals surface area contributed by atoms with Crippen LogP contribution in [0.3, 0.4) is 0 Å². The Morgan fingerprint density at radius 2 is 1.98 bits per heavy atom. The SMILES string of the molecule is CC(=O)Oc1cc(O)c2c3c1C[C@@H]1[C@@H]4CC[C@H](N(CC(C)C)C(=O)C#Cc5ccccc5)[C@H](O2)[C@]34CCN1CC1CC1. The van der Waals surface area contributed by atoms with E-state index in [-0.39, 0.29) is 35.1 Å². The summed E-state index contributed by atoms with van der Waals surface area (Å²) in [5.74, 6) is 7.78. The van der Waals surface area contributed by atoms with Gasteiger partial charge in [-0.05, 0) is 75.0 Å². The summed E-state index contributed by atoms with van der Waals surface area (Å²) in [6.07, 6.45) is 5.79. The number of hydrogen-bond donors (Lipinski definition) is 1. The summed E-state index contributed by atoms with van der Waals surface area (Å²) in [4.78, 5) is 30.6. The maximum atomic E-state index is 13.9. The van der Waals surface area contributed by atoms with Gasteiger partial charge >= 0.3 is 5.97 Å². The molecule has 2 aromatic rings. The van der Waals surface area contributed by atoms with E-state index >= 15 is 0 Å². The largest absolute Gasteiger partial charge is 0.504 e. The topological polar surface area (TPSA) is 79.3 Å². The first-order chi connectivity index (χ1) is 20.3. The van der Waals surface area contributed by atoms with Crippen LogP contribution in [0.1, 0.15) is 69.6 Å². The molecule has 2 aromatic carbocycles. The first-order valence-electron chi connectivity index (χ1n) is 15.6. The van der Waals surface area contributed by atoms with E-state index in [1.165, 1.54) is 19.8 Å². The maximum absolute atomic E-state index is 13.9. The minimum absolute atomic E-state index is 0.00994. The predicted octanol–water partition coefficient (Wildman–Crippen LogP) is 4.67. The van der Waals surface area contributed by atoms with Gasteiger partial charge in [-0.2, -0.15) is 0 Å². The molecule has 0 aromatic heterocycles. The molecular formula is C35H40N2O5. The number of ether oxygens (including phenoxy) is 2. The molecule has 7 rings (SSSR count). The van der Waals surface area contributed by atoms with Crippen molar-refractivity contribution in [2.75, 3.05) is 19.6 Å². The molecule has 7 heteroatoms. The fourth-order valence-corrected chi connectivity index (χ4v) is 8.55. The van der Waals surface area contributed by atoms with E-state index in [2.05, 4.69) is 30.6 Å². The zero-order chi connectivity index (χ0) is 29.2. The van der Waals surface area contributed by atoms with Crippen molar-refractivity contribution >= 4 is 11.9 Å². The Bertz CT molecular complexity index is 1470. The van der Waals surface area contributed by atoms with Gasteiger partial charge in [0.1, 0.15) is 11.9 Å². The summed E-state index contributed by atoms with van der Waals surface area (Å²) in [6.45, 7) is 8.32. The van der Waals surface area contributed by atoms with Gasteiger partial charge in [0, 0.05) is 60.1 Å². The minimum atomic E-state index is -0.395. The van der Waals surface area contributed by atoms with Gasteiger partial charge in [-0.25, -0.2) is 0 Å². The summed E-state index contributed by atoms with van der Waals surface area (Å²) in [5.41, 5.74) is 2.47. The van der Waals surface area contributed by atoms with Crippen molar-refractivity contribution in [1.29, 1.82) is 0 Å². The zero-order valence-corrected chi connectivity index (χ0v) is 24.8. The molecule has 0 radical (unpaired) electrons. The highest BCUT2D eigenvalue weighted by Gasteiger charge is 2.67. The third-order valence-electron chi connectivity index (χ3n) is 10.2. The van der Waals surface area contributed by atoms with Crippen molar-refractivity contribution in [3.63, 3.8) is 0 Å². The second-order valence-corrected chi connectivity index (χ2v) is 13.4. The molecule has 3 fully saturated rings. The molecule has 5 atom stereocenters. The van der Waals surface area contributed by atoms with Gasteiger partial charge < -0.3 is 19.5 Å². The molecule has 5 aliphatic rings. The average Bonchev–Trinajstić information content (AvgIpc) is 3.71. The van der Waals surface area contributed by atoms with E-state index in [1.54, 1.807) is 6.07 Å². The van der Waals surface area contributed by atoms with E-state index in [0.717, 1.165) is 61.4 Å². The summed E-state index contributed by atoms with van der Waals surface area (Å²) in [7, 11) is 0. The van der Waals surface area contributed by atoms with Crippen LogP contribution in [0.4, 0.5) is 0 Å². The number of carbonyl (C=O) groups is 2. The van der Waals surface area contributed by atoms with E-state index in [0.29, 0.717) is 30.0 Å². The summed E-state index contributed by atoms with van der Waals surface area (Å²) in [5, 5.41) is 11.2. The number of carbonyl (C=O) groups excluding carboxylic acids is 2. The van der Waals surface area contributed by atoms with Crippen molar-refractivity contribution in [1.82, 2.24) is 9.80 Å². The lowest BCUT2D eigenvalue weighted by atomic mass is 9.50. The molecule has 2 saturated carbocycles. The Morgan fingerprint density at radius 1 is 1.19 bits per heavy atom. The lowest BCUT2D eigenvalue weighted by Crippen LogP contribution is -2.69. The highest BCUT2D eigenvalue weighted by atomic mass is 16.5. The van der Waals surface area contributed by atoms with Crippen LogP contribution in [0.25, 0.3) is 0 Å². The maximum Gasteiger partial charge on any atom is 0.308 e. The number of benzene rings is 2. The molecule has 7 nitrogen and oxygen atoms in total. The zero-order valence-electron chi connectivity index (χ0n) is 24.8. The van der Waals surface area contributed by atoms with Gasteiger partial charge in [0.05, 0.1) is 6.04 Å². The van der Waals surface area contributed by atoms with Crippen molar-refractivity contribution < 1.29 is 24.2 Å². The first-order valence-corrected chi connectivity index (χ1v) is 15.6. The molecule has 220 valence electrons. The molecule has 1 spiro atoms. The Kier molecular flexibility index (Phi) is 6.73. The number of esters is 1. The number of likely N-dealkylation sites (tertiary alicyclic amines) is 1. The van der Waals surface area contributed by atoms with E-state index in [1.807, 2.05) is 35.2 Å². The predicted molar refractivity (Wildman–Crippen MR) is 158 cm³/mol. The molecule has 2 heterocycles. The monoisotopic (exact) mass is 568 g/mol. The number of rotatable bonds is 6. The van der Waals surface area contributed by atoms with E-state index < -0.39 is 5.97 Å². The lowest BCUT2D eigenvalue weighted by molar-refractivity contribution is -0.138. The quantitative estimate of drug-likeness (QED) is 0.310. The van der Waals surface area contributed by atoms with Crippen LogP contribution in [0, 0.1) is 29.6 Å². The Morgan fingerprint density at radius 3 is 2.69 bits per heavy atom. The molecule has 2 bridgehead atoms. The van der Waals surface area contributed by atoms with Crippen molar-refractivity contribution in [3.05, 3.63) is 53.1 Å². The average molecular weight is 569 g/mol. The lowest BCUT2D eigenvalue weighted by Gasteiger charge is -2.60. The molecule has 0 unspecified atom stereocenters. The van der Waals surface area contributed by atoms with Crippen LogP contribution in [-0.4, -0.2) is 64.6 Å². The van der Waals surface area contributed by atoms with Gasteiger partial charge in [0.2, 0.25) is 0 Å². The number of aromatic hydroxyl groups is 1. The fourth-order valence-electron chi connectivity index (χ4n) is 8.55. The molecule has 1 saturated heterocycles. The Labute approximate surface area is 248 Å². The minimum Gasteiger partial charge on any atom is -0.504 e. The molecule has 2 aliphatic heterocycles. The number of nitrogens with zero attached hydrogens (tertiary/aromatic N) is 2. The molecule has 1 N–H and O–H groups in total. The highest BCUT2D eigenvalue weighted by Crippen LogP contribution is 2.65. The summed E-state index contributed by atoms with van der Waals surface area (Å²) in [6, 6.07) is 11.3.